The first-order chi connectivity index (χ1) is 33.6. The zero-order valence-electron chi connectivity index (χ0n) is 36.2. The lowest BCUT2D eigenvalue weighted by Gasteiger charge is -2.20. The van der Waals surface area contributed by atoms with Crippen LogP contribution in [-0.4, -0.2) is 18.3 Å². The number of para-hydroxylation sites is 6. The van der Waals surface area contributed by atoms with E-state index in [-0.39, 0.29) is 5.56 Å². The van der Waals surface area contributed by atoms with Gasteiger partial charge in [0.25, 0.3) is 0 Å². The van der Waals surface area contributed by atoms with Crippen molar-refractivity contribution < 1.29 is 8.78 Å². The fourth-order valence-electron chi connectivity index (χ4n) is 11.2. The van der Waals surface area contributed by atoms with E-state index in [1.807, 2.05) is 60.7 Å². The number of halogens is 2. The van der Waals surface area contributed by atoms with Crippen LogP contribution in [-0.2, 0) is 0 Å². The van der Waals surface area contributed by atoms with Crippen molar-refractivity contribution in [1.29, 1.82) is 5.26 Å². The van der Waals surface area contributed by atoms with E-state index >= 15 is 8.78 Å². The van der Waals surface area contributed by atoms with Gasteiger partial charge in [0.1, 0.15) is 23.3 Å². The number of nitriles is 1. The van der Waals surface area contributed by atoms with E-state index in [4.69, 9.17) is 0 Å². The fourth-order valence-corrected chi connectivity index (χ4v) is 11.2. The second-order valence-corrected chi connectivity index (χ2v) is 17.4. The summed E-state index contributed by atoms with van der Waals surface area (Å²) in [5, 5.41) is 20.1. The molecule has 4 heterocycles. The largest absolute Gasteiger partial charge is 0.307 e. The second kappa shape index (κ2) is 14.4. The number of benzene rings is 10. The Labute approximate surface area is 387 Å². The molecule has 0 saturated carbocycles. The van der Waals surface area contributed by atoms with Gasteiger partial charge in [0.2, 0.25) is 0 Å². The molecule has 0 aliphatic carbocycles. The van der Waals surface area contributed by atoms with Crippen LogP contribution in [0.15, 0.2) is 212 Å². The number of hydrogen-bond donors (Lipinski definition) is 0. The summed E-state index contributed by atoms with van der Waals surface area (Å²) in [6, 6.07) is 72.8. The molecule has 0 spiro atoms. The zero-order chi connectivity index (χ0) is 45.2. The smallest absolute Gasteiger partial charge is 0.133 e. The Morgan fingerprint density at radius 3 is 1.01 bits per heavy atom. The summed E-state index contributed by atoms with van der Waals surface area (Å²) in [6.45, 7) is 0. The Morgan fingerprint density at radius 2 is 0.647 bits per heavy atom. The summed E-state index contributed by atoms with van der Waals surface area (Å²) in [5.74, 6) is -1.40. The van der Waals surface area contributed by atoms with Crippen molar-refractivity contribution in [1.82, 2.24) is 18.3 Å². The number of aromatic nitrogens is 4. The second-order valence-electron chi connectivity index (χ2n) is 17.4. The van der Waals surface area contributed by atoms with Gasteiger partial charge in [-0.15, -0.1) is 0 Å². The normalized spacial score (nSPS) is 12.0. The van der Waals surface area contributed by atoms with E-state index in [1.165, 1.54) is 18.2 Å². The molecule has 0 fully saturated rings. The Balaban J connectivity index is 1.22. The first kappa shape index (κ1) is 38.1. The molecule has 0 N–H and O–H groups in total. The molecule has 0 radical (unpaired) electrons. The molecule has 4 aromatic heterocycles. The number of fused-ring (bicyclic) bond motifs is 14. The summed E-state index contributed by atoms with van der Waals surface area (Å²) in [5.41, 5.74) is 10.8. The van der Waals surface area contributed by atoms with Crippen LogP contribution in [0.4, 0.5) is 8.78 Å². The number of nitrogens with zero attached hydrogens (tertiary/aromatic N) is 5. The van der Waals surface area contributed by atoms with E-state index in [0.717, 1.165) is 98.6 Å². The molecule has 68 heavy (non-hydrogen) atoms. The van der Waals surface area contributed by atoms with E-state index < -0.39 is 11.6 Å². The molecular formula is C61H35F2N5. The molecule has 318 valence electrons. The van der Waals surface area contributed by atoms with Gasteiger partial charge in [0.05, 0.1) is 61.1 Å². The van der Waals surface area contributed by atoms with Gasteiger partial charge >= 0.3 is 0 Å². The SMILES string of the molecule is N#Cc1c(-n2c3ccccc3c3ccc4c5ccccc5n(-c5ccccc5)c4c32)cc(-c2c(F)cccc2F)cc1-n1c2ccccc2c2ccc3c4ccccc4n(-c4ccccc4)c3c21. The minimum Gasteiger partial charge on any atom is -0.307 e. The van der Waals surface area contributed by atoms with Crippen molar-refractivity contribution >= 4 is 87.2 Å². The molecule has 10 aromatic carbocycles. The van der Waals surface area contributed by atoms with Gasteiger partial charge in [-0.2, -0.15) is 5.26 Å². The van der Waals surface area contributed by atoms with E-state index in [9.17, 15) is 5.26 Å². The maximum atomic E-state index is 16.5. The minimum atomic E-state index is -0.700. The first-order valence-electron chi connectivity index (χ1n) is 22.6. The van der Waals surface area contributed by atoms with Crippen LogP contribution in [0.1, 0.15) is 5.56 Å². The summed E-state index contributed by atoms with van der Waals surface area (Å²) in [6.07, 6.45) is 0. The minimum absolute atomic E-state index is 0.173. The van der Waals surface area contributed by atoms with Gasteiger partial charge in [-0.1, -0.05) is 140 Å². The maximum Gasteiger partial charge on any atom is 0.133 e. The predicted octanol–water partition coefficient (Wildman–Crippen LogP) is 15.9. The standard InChI is InChI=1S/C61H35F2N5/c62-49-24-15-25-50(63)57(49)37-34-55(67-53-28-13-9-22-42(53)46-32-30-44-40-20-7-11-26-51(40)65(58(44)60(46)67)38-16-3-1-4-17-38)48(36-64)56(35-37)68-54-29-14-10-23-43(54)47-33-31-45-41-21-8-12-27-52(41)66(59(45)61(47)68)39-18-5-2-6-19-39/h1-35H. The Hall–Kier alpha value is -9.25. The fraction of sp³-hybridized carbons (Fsp3) is 0. The van der Waals surface area contributed by atoms with Gasteiger partial charge in [-0.25, -0.2) is 8.78 Å². The van der Waals surface area contributed by atoms with Crippen LogP contribution in [0.5, 0.6) is 0 Å². The van der Waals surface area contributed by atoms with E-state index in [2.05, 4.69) is 146 Å². The average Bonchev–Trinajstić information content (AvgIpc) is 4.12. The highest BCUT2D eigenvalue weighted by atomic mass is 19.1. The third kappa shape index (κ3) is 5.17. The summed E-state index contributed by atoms with van der Waals surface area (Å²) in [7, 11) is 0. The predicted molar refractivity (Wildman–Crippen MR) is 274 cm³/mol. The highest BCUT2D eigenvalue weighted by molar-refractivity contribution is 6.25. The molecule has 7 heteroatoms. The molecule has 5 nitrogen and oxygen atoms in total. The van der Waals surface area contributed by atoms with Crippen LogP contribution < -0.4 is 0 Å². The molecule has 0 saturated heterocycles. The van der Waals surface area contributed by atoms with E-state index in [0.29, 0.717) is 22.5 Å². The monoisotopic (exact) mass is 875 g/mol. The number of hydrogen-bond acceptors (Lipinski definition) is 1. The van der Waals surface area contributed by atoms with Crippen molar-refractivity contribution in [2.75, 3.05) is 0 Å². The summed E-state index contributed by atoms with van der Waals surface area (Å²) < 4.78 is 41.9. The van der Waals surface area contributed by atoms with Gasteiger partial charge in [0, 0.05) is 54.5 Å². The van der Waals surface area contributed by atoms with Gasteiger partial charge < -0.3 is 18.3 Å². The Morgan fingerprint density at radius 1 is 0.324 bits per heavy atom. The van der Waals surface area contributed by atoms with Crippen LogP contribution in [0.25, 0.3) is 121 Å². The van der Waals surface area contributed by atoms with Gasteiger partial charge in [-0.3, -0.25) is 0 Å². The lowest BCUT2D eigenvalue weighted by Crippen LogP contribution is -2.07. The average molecular weight is 876 g/mol. The molecule has 0 aliphatic rings. The molecule has 0 aliphatic heterocycles. The highest BCUT2D eigenvalue weighted by Gasteiger charge is 2.28. The van der Waals surface area contributed by atoms with E-state index in [1.54, 1.807) is 12.1 Å². The third-order valence-corrected chi connectivity index (χ3v) is 13.9. The van der Waals surface area contributed by atoms with Crippen LogP contribution >= 0.6 is 0 Å². The topological polar surface area (TPSA) is 43.5 Å². The van der Waals surface area contributed by atoms with Crippen molar-refractivity contribution in [2.24, 2.45) is 0 Å². The zero-order valence-corrected chi connectivity index (χ0v) is 36.2. The van der Waals surface area contributed by atoms with Crippen LogP contribution in [0.3, 0.4) is 0 Å². The summed E-state index contributed by atoms with van der Waals surface area (Å²) >= 11 is 0. The Bertz CT molecular complexity index is 4200. The maximum absolute atomic E-state index is 16.5. The number of rotatable bonds is 5. The Kier molecular flexibility index (Phi) is 8.05. The highest BCUT2D eigenvalue weighted by Crippen LogP contribution is 2.47. The first-order valence-corrected chi connectivity index (χ1v) is 22.6. The quantitative estimate of drug-likeness (QED) is 0.170. The third-order valence-electron chi connectivity index (χ3n) is 13.9. The van der Waals surface area contributed by atoms with Crippen molar-refractivity contribution in [3.8, 4) is 39.9 Å². The van der Waals surface area contributed by atoms with Crippen molar-refractivity contribution in [2.45, 2.75) is 0 Å². The molecule has 14 rings (SSSR count). The van der Waals surface area contributed by atoms with Crippen molar-refractivity contribution in [3.63, 3.8) is 0 Å². The lowest BCUT2D eigenvalue weighted by atomic mass is 9.99. The van der Waals surface area contributed by atoms with Crippen molar-refractivity contribution in [3.05, 3.63) is 230 Å². The molecule has 0 bridgehead atoms. The lowest BCUT2D eigenvalue weighted by molar-refractivity contribution is 0.589. The van der Waals surface area contributed by atoms with Crippen LogP contribution in [0, 0.1) is 23.0 Å². The van der Waals surface area contributed by atoms with Gasteiger partial charge in [0.15, 0.2) is 0 Å². The van der Waals surface area contributed by atoms with Crippen LogP contribution in [0.2, 0.25) is 0 Å². The molecule has 0 atom stereocenters. The molecule has 0 unspecified atom stereocenters. The molecule has 0 amide bonds. The van der Waals surface area contributed by atoms with Gasteiger partial charge in [-0.05, 0) is 78.4 Å². The summed E-state index contributed by atoms with van der Waals surface area (Å²) in [4.78, 5) is 0. The molecular weight excluding hydrogens is 841 g/mol. The molecule has 14 aromatic rings.